The number of nitrogens with one attached hydrogen (secondary N) is 2. The SMILES string of the molecule is Cc1cccc(OC(OC(CO)C(C)O)[C@H](O)NC(=O)C(F)(F)F)c1-c1cccc(NS(C)(=O)=O)c1. The summed E-state index contributed by atoms with van der Waals surface area (Å²) in [6, 6.07) is 10.8. The van der Waals surface area contributed by atoms with E-state index in [0.717, 1.165) is 6.26 Å². The van der Waals surface area contributed by atoms with Gasteiger partial charge in [-0.05, 0) is 43.2 Å². The summed E-state index contributed by atoms with van der Waals surface area (Å²) in [6.45, 7) is 2.14. The summed E-state index contributed by atoms with van der Waals surface area (Å²) in [6.07, 6.45) is -11.4. The number of benzene rings is 2. The molecule has 10 nitrogen and oxygen atoms in total. The van der Waals surface area contributed by atoms with E-state index in [1.165, 1.54) is 30.4 Å². The van der Waals surface area contributed by atoms with Crippen LogP contribution in [0.2, 0.25) is 0 Å². The third kappa shape index (κ3) is 8.34. The summed E-state index contributed by atoms with van der Waals surface area (Å²) in [5, 5.41) is 30.9. The van der Waals surface area contributed by atoms with Gasteiger partial charge in [-0.1, -0.05) is 24.3 Å². The number of aliphatic hydroxyl groups is 3. The first-order valence-electron chi connectivity index (χ1n) is 10.5. The number of sulfonamides is 1. The average Bonchev–Trinajstić information content (AvgIpc) is 2.74. The molecule has 0 saturated carbocycles. The second-order valence-corrected chi connectivity index (χ2v) is 9.65. The maximum Gasteiger partial charge on any atom is 0.471 e. The van der Waals surface area contributed by atoms with E-state index in [-0.39, 0.29) is 11.4 Å². The standard InChI is InChI=1S/C22H27F3N2O8S/c1-12-6-4-9-16(18(12)14-7-5-8-15(10-14)27-36(3,32)33)34-20(35-17(11-28)13(2)29)19(30)26-21(31)22(23,24)25/h4-10,13,17,19-20,27-30H,11H2,1-3H3,(H,26,31)/t13?,17?,19-,20?/m0/s1. The lowest BCUT2D eigenvalue weighted by molar-refractivity contribution is -0.213. The molecule has 4 atom stereocenters. The molecule has 2 rings (SSSR count). The Bertz CT molecular complexity index is 1160. The Morgan fingerprint density at radius 2 is 1.78 bits per heavy atom. The molecule has 0 aliphatic carbocycles. The number of halogens is 3. The maximum atomic E-state index is 12.7. The fourth-order valence-electron chi connectivity index (χ4n) is 3.12. The smallest absolute Gasteiger partial charge is 0.459 e. The van der Waals surface area contributed by atoms with Crippen LogP contribution in [-0.2, 0) is 19.6 Å². The van der Waals surface area contributed by atoms with Crippen LogP contribution < -0.4 is 14.8 Å². The number of carbonyl (C=O) groups excluding carboxylic acids is 1. The van der Waals surface area contributed by atoms with Crippen molar-refractivity contribution in [3.63, 3.8) is 0 Å². The largest absolute Gasteiger partial charge is 0.471 e. The number of rotatable bonds is 11. The molecule has 0 heterocycles. The number of anilines is 1. The van der Waals surface area contributed by atoms with Crippen LogP contribution in [0.25, 0.3) is 11.1 Å². The van der Waals surface area contributed by atoms with Crippen LogP contribution in [0.15, 0.2) is 42.5 Å². The van der Waals surface area contributed by atoms with Gasteiger partial charge in [0.1, 0.15) is 11.9 Å². The van der Waals surface area contributed by atoms with Crippen LogP contribution in [0.5, 0.6) is 5.75 Å². The Hall–Kier alpha value is -2.91. The molecule has 0 saturated heterocycles. The highest BCUT2D eigenvalue weighted by molar-refractivity contribution is 7.92. The normalized spacial score (nSPS) is 15.5. The van der Waals surface area contributed by atoms with E-state index in [0.29, 0.717) is 16.7 Å². The van der Waals surface area contributed by atoms with Crippen molar-refractivity contribution < 1.29 is 51.2 Å². The number of alkyl halides is 3. The van der Waals surface area contributed by atoms with Crippen LogP contribution in [0.3, 0.4) is 0 Å². The van der Waals surface area contributed by atoms with Gasteiger partial charge in [-0.3, -0.25) is 9.52 Å². The fourth-order valence-corrected chi connectivity index (χ4v) is 3.67. The minimum atomic E-state index is -5.31. The summed E-state index contributed by atoms with van der Waals surface area (Å²) in [5.74, 6) is -2.48. The van der Waals surface area contributed by atoms with Crippen LogP contribution in [0.1, 0.15) is 12.5 Å². The van der Waals surface area contributed by atoms with E-state index in [1.54, 1.807) is 31.2 Å². The molecule has 200 valence electrons. The van der Waals surface area contributed by atoms with Crippen LogP contribution in [-0.4, -0.2) is 73.4 Å². The van der Waals surface area contributed by atoms with E-state index >= 15 is 0 Å². The molecule has 36 heavy (non-hydrogen) atoms. The molecule has 0 aromatic heterocycles. The Balaban J connectivity index is 2.49. The fraction of sp³-hybridized carbons (Fsp3) is 0.409. The summed E-state index contributed by atoms with van der Waals surface area (Å²) < 4.78 is 74.7. The second-order valence-electron chi connectivity index (χ2n) is 7.90. The lowest BCUT2D eigenvalue weighted by atomic mass is 9.99. The molecule has 1 amide bonds. The van der Waals surface area contributed by atoms with Crippen molar-refractivity contribution in [2.24, 2.45) is 0 Å². The van der Waals surface area contributed by atoms with E-state index < -0.39 is 53.4 Å². The predicted molar refractivity (Wildman–Crippen MR) is 123 cm³/mol. The maximum absolute atomic E-state index is 12.7. The number of carbonyl (C=O) groups is 1. The molecule has 5 N–H and O–H groups in total. The summed E-state index contributed by atoms with van der Waals surface area (Å²) >= 11 is 0. The first-order chi connectivity index (χ1) is 16.6. The molecule has 0 bridgehead atoms. The zero-order valence-corrected chi connectivity index (χ0v) is 20.3. The van der Waals surface area contributed by atoms with Crippen molar-refractivity contribution in [2.45, 2.75) is 44.7 Å². The van der Waals surface area contributed by atoms with Crippen molar-refractivity contribution in [1.29, 1.82) is 0 Å². The Morgan fingerprint density at radius 1 is 1.14 bits per heavy atom. The van der Waals surface area contributed by atoms with E-state index in [4.69, 9.17) is 9.47 Å². The average molecular weight is 537 g/mol. The molecule has 0 spiro atoms. The van der Waals surface area contributed by atoms with Gasteiger partial charge >= 0.3 is 12.1 Å². The molecule has 0 aliphatic heterocycles. The Morgan fingerprint density at radius 3 is 2.33 bits per heavy atom. The van der Waals surface area contributed by atoms with Gasteiger partial charge in [-0.25, -0.2) is 8.42 Å². The van der Waals surface area contributed by atoms with Gasteiger partial charge in [0.25, 0.3) is 0 Å². The molecular weight excluding hydrogens is 509 g/mol. The van der Waals surface area contributed by atoms with Crippen LogP contribution >= 0.6 is 0 Å². The molecule has 0 aliphatic rings. The van der Waals surface area contributed by atoms with Gasteiger partial charge in [0.05, 0.1) is 19.0 Å². The highest BCUT2D eigenvalue weighted by Crippen LogP contribution is 2.35. The van der Waals surface area contributed by atoms with Gasteiger partial charge in [0, 0.05) is 11.3 Å². The number of amides is 1. The van der Waals surface area contributed by atoms with Crippen molar-refractivity contribution in [3.05, 3.63) is 48.0 Å². The Labute approximate surface area is 205 Å². The highest BCUT2D eigenvalue weighted by Gasteiger charge is 2.41. The summed E-state index contributed by atoms with van der Waals surface area (Å²) in [4.78, 5) is 11.4. The van der Waals surface area contributed by atoms with Gasteiger partial charge in [-0.2, -0.15) is 13.2 Å². The van der Waals surface area contributed by atoms with Crippen LogP contribution in [0, 0.1) is 6.92 Å². The topological polar surface area (TPSA) is 154 Å². The summed E-state index contributed by atoms with van der Waals surface area (Å²) in [7, 11) is -3.59. The van der Waals surface area contributed by atoms with E-state index in [1.807, 2.05) is 0 Å². The minimum Gasteiger partial charge on any atom is -0.459 e. The number of ether oxygens (including phenoxy) is 2. The van der Waals surface area contributed by atoms with Gasteiger partial charge in [-0.15, -0.1) is 0 Å². The van der Waals surface area contributed by atoms with Crippen molar-refractivity contribution in [3.8, 4) is 16.9 Å². The van der Waals surface area contributed by atoms with Crippen molar-refractivity contribution in [1.82, 2.24) is 5.32 Å². The monoisotopic (exact) mass is 536 g/mol. The van der Waals surface area contributed by atoms with E-state index in [2.05, 4.69) is 4.72 Å². The number of hydrogen-bond acceptors (Lipinski definition) is 8. The minimum absolute atomic E-state index is 0.0147. The molecule has 14 heteroatoms. The second kappa shape index (κ2) is 11.9. The zero-order valence-electron chi connectivity index (χ0n) is 19.5. The third-order valence-electron chi connectivity index (χ3n) is 4.75. The lowest BCUT2D eigenvalue weighted by Gasteiger charge is -2.30. The van der Waals surface area contributed by atoms with Gasteiger partial charge < -0.3 is 30.1 Å². The molecule has 2 aromatic rings. The van der Waals surface area contributed by atoms with Crippen LogP contribution in [0.4, 0.5) is 18.9 Å². The van der Waals surface area contributed by atoms with Crippen molar-refractivity contribution >= 4 is 21.6 Å². The number of aliphatic hydroxyl groups excluding tert-OH is 3. The van der Waals surface area contributed by atoms with Crippen molar-refractivity contribution in [2.75, 3.05) is 17.6 Å². The lowest BCUT2D eigenvalue weighted by Crippen LogP contribution is -2.53. The molecule has 2 aromatic carbocycles. The first kappa shape index (κ1) is 29.3. The van der Waals surface area contributed by atoms with Gasteiger partial charge in [0.2, 0.25) is 16.3 Å². The zero-order chi connectivity index (χ0) is 27.3. The molecule has 0 fully saturated rings. The number of hydrogen-bond donors (Lipinski definition) is 5. The van der Waals surface area contributed by atoms with Gasteiger partial charge in [0.15, 0.2) is 6.23 Å². The quantitative estimate of drug-likeness (QED) is 0.271. The molecule has 3 unspecified atom stereocenters. The van der Waals surface area contributed by atoms with E-state index in [9.17, 15) is 41.7 Å². The molecule has 0 radical (unpaired) electrons. The Kier molecular flexibility index (Phi) is 9.68. The predicted octanol–water partition coefficient (Wildman–Crippen LogP) is 1.49. The number of aryl methyl sites for hydroxylation is 1. The molecular formula is C22H27F3N2O8S. The third-order valence-corrected chi connectivity index (χ3v) is 5.36. The summed E-state index contributed by atoms with van der Waals surface area (Å²) in [5.41, 5.74) is 1.64. The first-order valence-corrected chi connectivity index (χ1v) is 12.4. The highest BCUT2D eigenvalue weighted by atomic mass is 32.2.